The van der Waals surface area contributed by atoms with Crippen molar-refractivity contribution < 1.29 is 19.8 Å². The fraction of sp³-hybridized carbons (Fsp3) is 0.143. The molecule has 108 valence electrons. The van der Waals surface area contributed by atoms with E-state index >= 15 is 0 Å². The van der Waals surface area contributed by atoms with Gasteiger partial charge in [0.15, 0.2) is 0 Å². The molecule has 1 atom stereocenters. The number of hydrogen-bond donors (Lipinski definition) is 3. The van der Waals surface area contributed by atoms with Gasteiger partial charge in [-0.1, -0.05) is 12.1 Å². The van der Waals surface area contributed by atoms with E-state index in [-0.39, 0.29) is 17.7 Å². The Morgan fingerprint density at radius 2 is 1.76 bits per heavy atom. The highest BCUT2D eigenvalue weighted by molar-refractivity contribution is 5.96. The third-order valence-electron chi connectivity index (χ3n) is 2.80. The van der Waals surface area contributed by atoms with E-state index in [4.69, 9.17) is 0 Å². The van der Waals surface area contributed by atoms with Crippen molar-refractivity contribution in [1.29, 1.82) is 0 Å². The van der Waals surface area contributed by atoms with Crippen molar-refractivity contribution in [3.05, 3.63) is 54.1 Å². The molecule has 1 amide bonds. The van der Waals surface area contributed by atoms with Crippen LogP contribution >= 0.6 is 0 Å². The highest BCUT2D eigenvalue weighted by atomic mass is 16.4. The maximum absolute atomic E-state index is 11.9. The minimum atomic E-state index is -1.15. The van der Waals surface area contributed by atoms with E-state index in [2.05, 4.69) is 15.3 Å². The number of carboxylic acids is 1. The quantitative estimate of drug-likeness (QED) is 0.742. The van der Waals surface area contributed by atoms with Crippen molar-refractivity contribution in [2.75, 3.05) is 0 Å². The molecule has 0 aliphatic carbocycles. The van der Waals surface area contributed by atoms with Gasteiger partial charge < -0.3 is 15.5 Å². The van der Waals surface area contributed by atoms with Crippen LogP contribution in [0.15, 0.2) is 43.0 Å². The molecule has 0 aliphatic heterocycles. The number of carbonyl (C=O) groups excluding carboxylic acids is 1. The first-order chi connectivity index (χ1) is 10.1. The zero-order valence-electron chi connectivity index (χ0n) is 10.9. The van der Waals surface area contributed by atoms with Gasteiger partial charge in [0.25, 0.3) is 5.91 Å². The lowest BCUT2D eigenvalue weighted by Crippen LogP contribution is -2.42. The van der Waals surface area contributed by atoms with Crippen LogP contribution in [0.3, 0.4) is 0 Å². The summed E-state index contributed by atoms with van der Waals surface area (Å²) in [6.45, 7) is 0. The fourth-order valence-electron chi connectivity index (χ4n) is 1.73. The molecule has 0 fully saturated rings. The van der Waals surface area contributed by atoms with Crippen LogP contribution in [-0.4, -0.2) is 38.1 Å². The van der Waals surface area contributed by atoms with Crippen molar-refractivity contribution in [2.24, 2.45) is 0 Å². The number of nitrogens with zero attached hydrogens (tertiary/aromatic N) is 2. The van der Waals surface area contributed by atoms with E-state index in [1.165, 1.54) is 30.9 Å². The van der Waals surface area contributed by atoms with Gasteiger partial charge >= 0.3 is 5.97 Å². The predicted molar refractivity (Wildman–Crippen MR) is 72.7 cm³/mol. The highest BCUT2D eigenvalue weighted by Gasteiger charge is 2.21. The van der Waals surface area contributed by atoms with E-state index in [0.717, 1.165) is 0 Å². The lowest BCUT2D eigenvalue weighted by Gasteiger charge is -2.14. The van der Waals surface area contributed by atoms with Crippen LogP contribution in [0.1, 0.15) is 15.9 Å². The Morgan fingerprint density at radius 3 is 2.33 bits per heavy atom. The van der Waals surface area contributed by atoms with Crippen molar-refractivity contribution in [1.82, 2.24) is 15.3 Å². The average molecular weight is 287 g/mol. The molecule has 3 N–H and O–H groups in total. The maximum atomic E-state index is 11.9. The SMILES string of the molecule is O=C(N[C@H](Cc1ccc(O)cc1)C(=O)O)c1cncnc1. The molecule has 0 spiro atoms. The van der Waals surface area contributed by atoms with Gasteiger partial charge in [-0.2, -0.15) is 0 Å². The molecule has 7 nitrogen and oxygen atoms in total. The first-order valence-corrected chi connectivity index (χ1v) is 6.13. The number of amides is 1. The van der Waals surface area contributed by atoms with Gasteiger partial charge in [0, 0.05) is 18.8 Å². The van der Waals surface area contributed by atoms with Crippen molar-refractivity contribution in [3.8, 4) is 5.75 Å². The van der Waals surface area contributed by atoms with E-state index in [9.17, 15) is 19.8 Å². The number of hydrogen-bond acceptors (Lipinski definition) is 5. The van der Waals surface area contributed by atoms with Crippen molar-refractivity contribution in [2.45, 2.75) is 12.5 Å². The second kappa shape index (κ2) is 6.47. The smallest absolute Gasteiger partial charge is 0.326 e. The molecule has 7 heteroatoms. The summed E-state index contributed by atoms with van der Waals surface area (Å²) >= 11 is 0. The number of benzene rings is 1. The third kappa shape index (κ3) is 4.00. The zero-order valence-corrected chi connectivity index (χ0v) is 10.9. The normalized spacial score (nSPS) is 11.6. The monoisotopic (exact) mass is 287 g/mol. The zero-order chi connectivity index (χ0) is 15.2. The second-order valence-electron chi connectivity index (χ2n) is 4.36. The lowest BCUT2D eigenvalue weighted by molar-refractivity contribution is -0.139. The molecule has 0 saturated carbocycles. The molecule has 0 radical (unpaired) electrons. The summed E-state index contributed by atoms with van der Waals surface area (Å²) in [6, 6.07) is 5.04. The molecule has 0 unspecified atom stereocenters. The molecule has 21 heavy (non-hydrogen) atoms. The minimum Gasteiger partial charge on any atom is -0.508 e. The van der Waals surface area contributed by atoms with Crippen LogP contribution in [0, 0.1) is 0 Å². The van der Waals surface area contributed by atoms with E-state index in [1.807, 2.05) is 0 Å². The van der Waals surface area contributed by atoms with Gasteiger partial charge in [-0.15, -0.1) is 0 Å². The predicted octanol–water partition coefficient (Wildman–Crippen LogP) is 0.608. The first-order valence-electron chi connectivity index (χ1n) is 6.13. The molecule has 2 rings (SSSR count). The number of aromatic hydroxyl groups is 1. The van der Waals surface area contributed by atoms with Crippen molar-refractivity contribution >= 4 is 11.9 Å². The van der Waals surface area contributed by atoms with Gasteiger partial charge in [-0.25, -0.2) is 14.8 Å². The van der Waals surface area contributed by atoms with Gasteiger partial charge in [0.2, 0.25) is 0 Å². The van der Waals surface area contributed by atoms with E-state index < -0.39 is 17.9 Å². The topological polar surface area (TPSA) is 112 Å². The van der Waals surface area contributed by atoms with E-state index in [1.54, 1.807) is 12.1 Å². The molecular formula is C14H13N3O4. The van der Waals surface area contributed by atoms with Crippen molar-refractivity contribution in [3.63, 3.8) is 0 Å². The third-order valence-corrected chi connectivity index (χ3v) is 2.80. The van der Waals surface area contributed by atoms with Crippen LogP contribution < -0.4 is 5.32 Å². The number of phenolic OH excluding ortho intramolecular Hbond substituents is 1. The number of aliphatic carboxylic acids is 1. The Labute approximate surface area is 120 Å². The largest absolute Gasteiger partial charge is 0.508 e. The Bertz CT molecular complexity index is 628. The van der Waals surface area contributed by atoms with Crippen LogP contribution in [0.25, 0.3) is 0 Å². The van der Waals surface area contributed by atoms with Gasteiger partial charge in [0.1, 0.15) is 18.1 Å². The second-order valence-corrected chi connectivity index (χ2v) is 4.36. The Balaban J connectivity index is 2.07. The van der Waals surface area contributed by atoms with Gasteiger partial charge in [-0.05, 0) is 17.7 Å². The summed E-state index contributed by atoms with van der Waals surface area (Å²) in [4.78, 5) is 30.6. The average Bonchev–Trinajstić information content (AvgIpc) is 2.49. The number of phenols is 1. The van der Waals surface area contributed by atoms with Gasteiger partial charge in [0.05, 0.1) is 5.56 Å². The summed E-state index contributed by atoms with van der Waals surface area (Å²) < 4.78 is 0. The van der Waals surface area contributed by atoms with Crippen LogP contribution in [-0.2, 0) is 11.2 Å². The molecule has 0 aliphatic rings. The van der Waals surface area contributed by atoms with Gasteiger partial charge in [-0.3, -0.25) is 4.79 Å². The standard InChI is InChI=1S/C14H13N3O4/c18-11-3-1-9(2-4-11)5-12(14(20)21)17-13(19)10-6-15-8-16-7-10/h1-4,6-8,12,18H,5H2,(H,17,19)(H,20,21)/t12-/m1/s1. The number of aromatic nitrogens is 2. The Hall–Kier alpha value is -2.96. The number of nitrogens with one attached hydrogen (secondary N) is 1. The summed E-state index contributed by atoms with van der Waals surface area (Å²) in [6.07, 6.45) is 4.00. The molecule has 2 aromatic rings. The summed E-state index contributed by atoms with van der Waals surface area (Å²) in [5.41, 5.74) is 0.874. The maximum Gasteiger partial charge on any atom is 0.326 e. The first kappa shape index (κ1) is 14.4. The number of carboxylic acid groups (broad SMARTS) is 1. The molecule has 1 aromatic carbocycles. The van der Waals surface area contributed by atoms with Crippen LogP contribution in [0.2, 0.25) is 0 Å². The number of carbonyl (C=O) groups is 2. The van der Waals surface area contributed by atoms with Crippen LogP contribution in [0.5, 0.6) is 5.75 Å². The van der Waals surface area contributed by atoms with E-state index in [0.29, 0.717) is 5.56 Å². The molecule has 0 saturated heterocycles. The Morgan fingerprint density at radius 1 is 1.14 bits per heavy atom. The summed E-state index contributed by atoms with van der Waals surface area (Å²) in [5, 5.41) is 20.8. The minimum absolute atomic E-state index is 0.0936. The molecule has 1 heterocycles. The fourth-order valence-corrected chi connectivity index (χ4v) is 1.73. The number of rotatable bonds is 5. The molecular weight excluding hydrogens is 274 g/mol. The summed E-state index contributed by atoms with van der Waals surface area (Å²) in [7, 11) is 0. The Kier molecular flexibility index (Phi) is 4.45. The highest BCUT2D eigenvalue weighted by Crippen LogP contribution is 2.11. The molecule has 0 bridgehead atoms. The summed E-state index contributed by atoms with van der Waals surface area (Å²) in [5.74, 6) is -1.61. The molecule has 1 aromatic heterocycles. The van der Waals surface area contributed by atoms with Crippen LogP contribution in [0.4, 0.5) is 0 Å². The lowest BCUT2D eigenvalue weighted by atomic mass is 10.1.